The number of amides is 1. The summed E-state index contributed by atoms with van der Waals surface area (Å²) in [5.41, 5.74) is 2.53. The molecule has 3 aromatic carbocycles. The number of methoxy groups -OCH3 is 1. The number of halogens is 2. The molecule has 0 spiro atoms. The maximum Gasteiger partial charge on any atom is 0.261 e. The molecule has 0 radical (unpaired) electrons. The maximum absolute atomic E-state index is 14.1. The molecule has 4 rings (SSSR count). The molecule has 0 aliphatic rings. The van der Waals surface area contributed by atoms with E-state index >= 15 is 0 Å². The average Bonchev–Trinajstić information content (AvgIpc) is 3.14. The van der Waals surface area contributed by atoms with Gasteiger partial charge in [-0.25, -0.2) is 13.8 Å². The van der Waals surface area contributed by atoms with Gasteiger partial charge in [0.25, 0.3) is 5.91 Å². The van der Waals surface area contributed by atoms with Crippen LogP contribution in [0.4, 0.5) is 14.5 Å². The van der Waals surface area contributed by atoms with Gasteiger partial charge in [-0.2, -0.15) is 0 Å². The second kappa shape index (κ2) is 7.35. The van der Waals surface area contributed by atoms with Gasteiger partial charge in [-0.05, 0) is 55.0 Å². The number of carbonyl (C=O) groups excluding carboxylic acids is 1. The van der Waals surface area contributed by atoms with Crippen LogP contribution in [-0.2, 0) is 0 Å². The standard InChI is InChI=1S/C22H17F2N3O2/c1-13-3-9-17(23)20(21(13)24)22(28)26-14-4-6-15(7-5-14)27-12-25-18-11-16(29-2)8-10-19(18)27/h3-12H,1-2H3,(H,26,28). The van der Waals surface area contributed by atoms with Gasteiger partial charge in [-0.15, -0.1) is 0 Å². The molecular weight excluding hydrogens is 376 g/mol. The van der Waals surface area contributed by atoms with Crippen LogP contribution in [0.2, 0.25) is 0 Å². The molecule has 29 heavy (non-hydrogen) atoms. The quantitative estimate of drug-likeness (QED) is 0.538. The van der Waals surface area contributed by atoms with Crippen LogP contribution in [0.5, 0.6) is 5.75 Å². The van der Waals surface area contributed by atoms with Gasteiger partial charge in [0.05, 0.1) is 18.1 Å². The molecule has 0 unspecified atom stereocenters. The normalized spacial score (nSPS) is 10.9. The van der Waals surface area contributed by atoms with E-state index in [1.165, 1.54) is 13.0 Å². The molecule has 1 heterocycles. The van der Waals surface area contributed by atoms with Gasteiger partial charge >= 0.3 is 0 Å². The lowest BCUT2D eigenvalue weighted by atomic mass is 10.1. The summed E-state index contributed by atoms with van der Waals surface area (Å²) in [4.78, 5) is 16.7. The number of nitrogens with one attached hydrogen (secondary N) is 1. The van der Waals surface area contributed by atoms with E-state index in [1.54, 1.807) is 37.7 Å². The third kappa shape index (κ3) is 3.42. The maximum atomic E-state index is 14.1. The molecule has 0 aliphatic carbocycles. The first kappa shape index (κ1) is 18.6. The highest BCUT2D eigenvalue weighted by Gasteiger charge is 2.19. The van der Waals surface area contributed by atoms with Crippen LogP contribution in [0.3, 0.4) is 0 Å². The zero-order valence-electron chi connectivity index (χ0n) is 15.7. The number of carbonyl (C=O) groups is 1. The summed E-state index contributed by atoms with van der Waals surface area (Å²) >= 11 is 0. The summed E-state index contributed by atoms with van der Waals surface area (Å²) < 4.78 is 35.2. The van der Waals surface area contributed by atoms with E-state index in [0.29, 0.717) is 5.69 Å². The molecule has 0 saturated carbocycles. The first-order valence-corrected chi connectivity index (χ1v) is 8.85. The van der Waals surface area contributed by atoms with E-state index < -0.39 is 23.1 Å². The second-order valence-corrected chi connectivity index (χ2v) is 6.52. The van der Waals surface area contributed by atoms with Crippen molar-refractivity contribution in [1.82, 2.24) is 9.55 Å². The Kier molecular flexibility index (Phi) is 4.72. The van der Waals surface area contributed by atoms with Crippen LogP contribution in [-0.4, -0.2) is 22.6 Å². The number of anilines is 1. The van der Waals surface area contributed by atoms with Crippen LogP contribution in [0.1, 0.15) is 15.9 Å². The van der Waals surface area contributed by atoms with Crippen molar-refractivity contribution in [3.63, 3.8) is 0 Å². The number of aryl methyl sites for hydroxylation is 1. The summed E-state index contributed by atoms with van der Waals surface area (Å²) in [6.45, 7) is 1.48. The molecule has 0 aliphatic heterocycles. The average molecular weight is 393 g/mol. The Morgan fingerprint density at radius 2 is 1.83 bits per heavy atom. The molecule has 146 valence electrons. The number of imidazole rings is 1. The summed E-state index contributed by atoms with van der Waals surface area (Å²) in [7, 11) is 1.60. The number of hydrogen-bond acceptors (Lipinski definition) is 3. The van der Waals surface area contributed by atoms with E-state index in [1.807, 2.05) is 22.8 Å². The van der Waals surface area contributed by atoms with Crippen molar-refractivity contribution < 1.29 is 18.3 Å². The molecular formula is C22H17F2N3O2. The van der Waals surface area contributed by atoms with Gasteiger partial charge in [0.1, 0.15) is 29.3 Å². The molecule has 1 N–H and O–H groups in total. The van der Waals surface area contributed by atoms with Crippen LogP contribution in [0.25, 0.3) is 16.7 Å². The Morgan fingerprint density at radius 3 is 2.55 bits per heavy atom. The number of hydrogen-bond donors (Lipinski definition) is 1. The molecule has 4 aromatic rings. The molecule has 0 fully saturated rings. The fourth-order valence-electron chi connectivity index (χ4n) is 3.09. The summed E-state index contributed by atoms with van der Waals surface area (Å²) in [6, 6.07) is 14.8. The Balaban J connectivity index is 1.59. The molecule has 0 bridgehead atoms. The summed E-state index contributed by atoms with van der Waals surface area (Å²) in [5, 5.41) is 2.53. The SMILES string of the molecule is COc1ccc2c(c1)ncn2-c1ccc(NC(=O)c2c(F)ccc(C)c2F)cc1. The molecule has 1 aromatic heterocycles. The van der Waals surface area contributed by atoms with Crippen LogP contribution >= 0.6 is 0 Å². The van der Waals surface area contributed by atoms with Crippen molar-refractivity contribution in [2.75, 3.05) is 12.4 Å². The first-order valence-electron chi connectivity index (χ1n) is 8.85. The van der Waals surface area contributed by atoms with E-state index in [0.717, 1.165) is 28.5 Å². The van der Waals surface area contributed by atoms with Crippen molar-refractivity contribution in [2.45, 2.75) is 6.92 Å². The number of nitrogens with zero attached hydrogens (tertiary/aromatic N) is 2. The number of benzene rings is 3. The summed E-state index contributed by atoms with van der Waals surface area (Å²) in [5.74, 6) is -1.88. The minimum atomic E-state index is -0.900. The van der Waals surface area contributed by atoms with Crippen LogP contribution < -0.4 is 10.1 Å². The van der Waals surface area contributed by atoms with Crippen molar-refractivity contribution in [2.24, 2.45) is 0 Å². The van der Waals surface area contributed by atoms with Crippen molar-refractivity contribution in [3.05, 3.63) is 83.7 Å². The van der Waals surface area contributed by atoms with E-state index in [2.05, 4.69) is 10.3 Å². The summed E-state index contributed by atoms with van der Waals surface area (Å²) in [6.07, 6.45) is 1.69. The van der Waals surface area contributed by atoms with Crippen LogP contribution in [0, 0.1) is 18.6 Å². The zero-order chi connectivity index (χ0) is 20.5. The highest BCUT2D eigenvalue weighted by atomic mass is 19.1. The zero-order valence-corrected chi connectivity index (χ0v) is 15.7. The third-order valence-corrected chi connectivity index (χ3v) is 4.67. The number of fused-ring (bicyclic) bond motifs is 1. The monoisotopic (exact) mass is 393 g/mol. The topological polar surface area (TPSA) is 56.1 Å². The fourth-order valence-corrected chi connectivity index (χ4v) is 3.09. The number of aromatic nitrogens is 2. The van der Waals surface area contributed by atoms with Crippen LogP contribution in [0.15, 0.2) is 60.9 Å². The highest BCUT2D eigenvalue weighted by Crippen LogP contribution is 2.24. The molecule has 7 heteroatoms. The third-order valence-electron chi connectivity index (χ3n) is 4.67. The first-order chi connectivity index (χ1) is 14.0. The fraction of sp³-hybridized carbons (Fsp3) is 0.0909. The highest BCUT2D eigenvalue weighted by molar-refractivity contribution is 6.04. The minimum Gasteiger partial charge on any atom is -0.497 e. The van der Waals surface area contributed by atoms with Gasteiger partial charge in [0.2, 0.25) is 0 Å². The predicted octanol–water partition coefficient (Wildman–Crippen LogP) is 4.87. The van der Waals surface area contributed by atoms with Gasteiger partial charge in [-0.3, -0.25) is 9.36 Å². The van der Waals surface area contributed by atoms with Crippen molar-refractivity contribution >= 4 is 22.6 Å². The lowest BCUT2D eigenvalue weighted by Crippen LogP contribution is -2.16. The van der Waals surface area contributed by atoms with E-state index in [9.17, 15) is 13.6 Å². The lowest BCUT2D eigenvalue weighted by molar-refractivity contribution is 0.101. The van der Waals surface area contributed by atoms with Gasteiger partial charge < -0.3 is 10.1 Å². The minimum absolute atomic E-state index is 0.204. The van der Waals surface area contributed by atoms with Gasteiger partial charge in [0, 0.05) is 17.4 Å². The lowest BCUT2D eigenvalue weighted by Gasteiger charge is -2.10. The number of rotatable bonds is 4. The Morgan fingerprint density at radius 1 is 1.07 bits per heavy atom. The van der Waals surface area contributed by atoms with Crippen molar-refractivity contribution in [3.8, 4) is 11.4 Å². The van der Waals surface area contributed by atoms with E-state index in [-0.39, 0.29) is 5.56 Å². The Labute approximate surface area is 165 Å². The predicted molar refractivity (Wildman–Crippen MR) is 107 cm³/mol. The molecule has 0 saturated heterocycles. The molecule has 5 nitrogen and oxygen atoms in total. The van der Waals surface area contributed by atoms with Gasteiger partial charge in [-0.1, -0.05) is 6.07 Å². The molecule has 0 atom stereocenters. The Bertz CT molecular complexity index is 1220. The smallest absolute Gasteiger partial charge is 0.261 e. The number of ether oxygens (including phenoxy) is 1. The largest absolute Gasteiger partial charge is 0.497 e. The molecule has 1 amide bonds. The van der Waals surface area contributed by atoms with E-state index in [4.69, 9.17) is 4.74 Å². The van der Waals surface area contributed by atoms with Gasteiger partial charge in [0.15, 0.2) is 0 Å². The Hall–Kier alpha value is -3.74. The van der Waals surface area contributed by atoms with Crippen molar-refractivity contribution in [1.29, 1.82) is 0 Å². The second-order valence-electron chi connectivity index (χ2n) is 6.52.